The third-order valence-electron chi connectivity index (χ3n) is 5.67. The molecule has 1 aromatic heterocycles. The number of allylic oxidation sites excluding steroid dienone is 1. The Morgan fingerprint density at radius 1 is 1.23 bits per heavy atom. The predicted octanol–water partition coefficient (Wildman–Crippen LogP) is 6.03. The highest BCUT2D eigenvalue weighted by Gasteiger charge is 2.33. The van der Waals surface area contributed by atoms with E-state index in [0.717, 1.165) is 31.6 Å². The van der Waals surface area contributed by atoms with Gasteiger partial charge >= 0.3 is 6.36 Å². The monoisotopic (exact) mass is 453 g/mol. The Morgan fingerprint density at radius 3 is 2.48 bits per heavy atom. The van der Waals surface area contributed by atoms with E-state index in [1.165, 1.54) is 6.07 Å². The van der Waals surface area contributed by atoms with Crippen molar-refractivity contribution in [3.63, 3.8) is 0 Å². The summed E-state index contributed by atoms with van der Waals surface area (Å²) in [7, 11) is 4.10. The second kappa shape index (κ2) is 9.49. The quantitative estimate of drug-likeness (QED) is 0.552. The first-order valence-corrected chi connectivity index (χ1v) is 10.5. The number of aromatic nitrogens is 1. The highest BCUT2D eigenvalue weighted by Crippen LogP contribution is 2.36. The molecule has 0 amide bonds. The Labute approximate surface area is 186 Å². The maximum atomic E-state index is 13.2. The van der Waals surface area contributed by atoms with Gasteiger partial charge in [-0.2, -0.15) is 0 Å². The number of hydrogen-bond acceptors (Lipinski definition) is 4. The minimum absolute atomic E-state index is 0.217. The van der Waals surface area contributed by atoms with Gasteiger partial charge in [0.1, 0.15) is 5.75 Å². The van der Waals surface area contributed by atoms with Crippen molar-refractivity contribution in [1.29, 1.82) is 0 Å². The topological polar surface area (TPSA) is 28.6 Å². The summed E-state index contributed by atoms with van der Waals surface area (Å²) >= 11 is 6.26. The third kappa shape index (κ3) is 5.92. The summed E-state index contributed by atoms with van der Waals surface area (Å²) in [5, 5.41) is 0.491. The van der Waals surface area contributed by atoms with E-state index in [-0.39, 0.29) is 5.75 Å². The van der Waals surface area contributed by atoms with Crippen LogP contribution in [0.25, 0.3) is 11.6 Å². The van der Waals surface area contributed by atoms with Gasteiger partial charge in [0.25, 0.3) is 0 Å². The van der Waals surface area contributed by atoms with Crippen LogP contribution in [-0.2, 0) is 0 Å². The molecule has 1 fully saturated rings. The van der Waals surface area contributed by atoms with Crippen LogP contribution < -0.4 is 9.64 Å². The fraction of sp³-hybridized carbons (Fsp3) is 0.435. The van der Waals surface area contributed by atoms with E-state index in [0.29, 0.717) is 33.5 Å². The summed E-state index contributed by atoms with van der Waals surface area (Å²) in [6.45, 7) is 5.11. The Balaban J connectivity index is 1.94. The molecule has 0 aliphatic carbocycles. The number of halogens is 4. The number of nitrogens with zero attached hydrogens (tertiary/aromatic N) is 3. The SMILES string of the molecule is C/C(=C\c1c(Cl)ccnc1C)c1ccc(N2CCC(N(C)C)CC2)cc1OC(F)(F)F. The standard InChI is InChI=1S/C23H27ClF3N3O/c1-15(13-20-16(2)28-10-7-21(20)24)19-6-5-18(14-22(19)31-23(25,26)27)30-11-8-17(9-12-30)29(3)4/h5-7,10,13-14,17H,8-9,11-12H2,1-4H3/b15-13+. The van der Waals surface area contributed by atoms with Gasteiger partial charge in [-0.15, -0.1) is 13.2 Å². The second-order valence-electron chi connectivity index (χ2n) is 8.03. The largest absolute Gasteiger partial charge is 0.573 e. The van der Waals surface area contributed by atoms with E-state index in [1.807, 2.05) is 6.07 Å². The van der Waals surface area contributed by atoms with Crippen molar-refractivity contribution in [2.24, 2.45) is 0 Å². The second-order valence-corrected chi connectivity index (χ2v) is 8.44. The third-order valence-corrected chi connectivity index (χ3v) is 6.00. The number of hydrogen-bond donors (Lipinski definition) is 0. The van der Waals surface area contributed by atoms with Gasteiger partial charge in [-0.05, 0) is 70.6 Å². The molecule has 0 N–H and O–H groups in total. The number of aryl methyl sites for hydroxylation is 1. The van der Waals surface area contributed by atoms with Gasteiger partial charge in [-0.1, -0.05) is 11.6 Å². The molecule has 31 heavy (non-hydrogen) atoms. The smallest absolute Gasteiger partial charge is 0.405 e. The molecule has 0 radical (unpaired) electrons. The van der Waals surface area contributed by atoms with Crippen molar-refractivity contribution < 1.29 is 17.9 Å². The summed E-state index contributed by atoms with van der Waals surface area (Å²) in [5.74, 6) is -0.217. The Hall–Kier alpha value is -2.25. The molecule has 3 rings (SSSR count). The van der Waals surface area contributed by atoms with Crippen LogP contribution in [0.5, 0.6) is 5.75 Å². The van der Waals surface area contributed by atoms with Crippen LogP contribution in [0, 0.1) is 6.92 Å². The first kappa shape index (κ1) is 23.4. The Kier molecular flexibility index (Phi) is 7.17. The molecule has 0 unspecified atom stereocenters. The molecule has 2 aromatic rings. The van der Waals surface area contributed by atoms with E-state index >= 15 is 0 Å². The minimum Gasteiger partial charge on any atom is -0.405 e. The van der Waals surface area contributed by atoms with Gasteiger partial charge in [-0.25, -0.2) is 0 Å². The molecule has 0 saturated carbocycles. The summed E-state index contributed by atoms with van der Waals surface area (Å²) in [6.07, 6.45) is 0.472. The molecule has 168 valence electrons. The van der Waals surface area contributed by atoms with E-state index in [9.17, 15) is 13.2 Å². The summed E-state index contributed by atoms with van der Waals surface area (Å²) in [5.41, 5.74) is 3.07. The molecule has 8 heteroatoms. The van der Waals surface area contributed by atoms with Gasteiger partial charge in [0.2, 0.25) is 0 Å². The number of anilines is 1. The van der Waals surface area contributed by atoms with Crippen LogP contribution in [0.3, 0.4) is 0 Å². The number of piperidine rings is 1. The minimum atomic E-state index is -4.78. The number of benzene rings is 1. The van der Waals surface area contributed by atoms with Crippen LogP contribution in [0.1, 0.15) is 36.6 Å². The van der Waals surface area contributed by atoms with E-state index in [1.54, 1.807) is 38.3 Å². The fourth-order valence-corrected chi connectivity index (χ4v) is 4.15. The van der Waals surface area contributed by atoms with Crippen LogP contribution in [0.15, 0.2) is 30.5 Å². The summed E-state index contributed by atoms with van der Waals surface area (Å²) in [4.78, 5) is 8.51. The zero-order valence-electron chi connectivity index (χ0n) is 18.1. The van der Waals surface area contributed by atoms with Gasteiger partial charge in [0, 0.05) is 53.9 Å². The van der Waals surface area contributed by atoms with Gasteiger partial charge in [-0.3, -0.25) is 4.98 Å². The molecule has 1 aromatic carbocycles. The number of rotatable bonds is 5. The van der Waals surface area contributed by atoms with Crippen LogP contribution in [-0.4, -0.2) is 49.5 Å². The Morgan fingerprint density at radius 2 is 1.90 bits per heavy atom. The number of alkyl halides is 3. The molecule has 1 aliphatic rings. The van der Waals surface area contributed by atoms with Gasteiger partial charge < -0.3 is 14.5 Å². The van der Waals surface area contributed by atoms with Crippen molar-refractivity contribution in [1.82, 2.24) is 9.88 Å². The lowest BCUT2D eigenvalue weighted by molar-refractivity contribution is -0.274. The first-order chi connectivity index (χ1) is 14.5. The van der Waals surface area contributed by atoms with Gasteiger partial charge in [0.15, 0.2) is 0 Å². The van der Waals surface area contributed by atoms with E-state index in [2.05, 4.69) is 33.6 Å². The zero-order valence-corrected chi connectivity index (χ0v) is 18.9. The number of pyridine rings is 1. The molecule has 1 aliphatic heterocycles. The van der Waals surface area contributed by atoms with Crippen molar-refractivity contribution in [3.8, 4) is 5.75 Å². The molecule has 0 bridgehead atoms. The molecule has 1 saturated heterocycles. The molecule has 0 spiro atoms. The van der Waals surface area contributed by atoms with Crippen LogP contribution in [0.4, 0.5) is 18.9 Å². The zero-order chi connectivity index (χ0) is 22.8. The molecule has 0 atom stereocenters. The lowest BCUT2D eigenvalue weighted by Gasteiger charge is -2.36. The summed E-state index contributed by atoms with van der Waals surface area (Å²) < 4.78 is 43.9. The summed E-state index contributed by atoms with van der Waals surface area (Å²) in [6, 6.07) is 7.15. The lowest BCUT2D eigenvalue weighted by atomic mass is 10.0. The number of ether oxygens (including phenoxy) is 1. The van der Waals surface area contributed by atoms with Crippen molar-refractivity contribution in [2.45, 2.75) is 39.1 Å². The van der Waals surface area contributed by atoms with Crippen LogP contribution in [0.2, 0.25) is 5.02 Å². The highest BCUT2D eigenvalue weighted by molar-refractivity contribution is 6.32. The molecular formula is C23H27ClF3N3O. The van der Waals surface area contributed by atoms with Crippen molar-refractivity contribution in [3.05, 3.63) is 52.3 Å². The Bertz CT molecular complexity index is 931. The normalized spacial score (nSPS) is 16.2. The van der Waals surface area contributed by atoms with Crippen molar-refractivity contribution >= 4 is 28.9 Å². The van der Waals surface area contributed by atoms with Crippen molar-refractivity contribution in [2.75, 3.05) is 32.1 Å². The highest BCUT2D eigenvalue weighted by atomic mass is 35.5. The average Bonchev–Trinajstić information content (AvgIpc) is 2.69. The molecule has 2 heterocycles. The first-order valence-electron chi connectivity index (χ1n) is 10.2. The van der Waals surface area contributed by atoms with Crippen LogP contribution >= 0.6 is 11.6 Å². The lowest BCUT2D eigenvalue weighted by Crippen LogP contribution is -2.42. The predicted molar refractivity (Wildman–Crippen MR) is 120 cm³/mol. The van der Waals surface area contributed by atoms with E-state index < -0.39 is 6.36 Å². The molecular weight excluding hydrogens is 427 g/mol. The van der Waals surface area contributed by atoms with Gasteiger partial charge in [0.05, 0.1) is 5.02 Å². The molecule has 4 nitrogen and oxygen atoms in total. The fourth-order valence-electron chi connectivity index (χ4n) is 3.90. The average molecular weight is 454 g/mol. The maximum absolute atomic E-state index is 13.2. The van der Waals surface area contributed by atoms with E-state index in [4.69, 9.17) is 11.6 Å². The maximum Gasteiger partial charge on any atom is 0.573 e.